The molecule has 0 amide bonds. The van der Waals surface area contributed by atoms with Crippen LogP contribution in [0.2, 0.25) is 0 Å². The molecule has 65 heavy (non-hydrogen) atoms. The number of rotatable bonds is 40. The smallest absolute Gasteiger partial charge is 0.550 e. The Balaban J connectivity index is 0.00000124. The number of carbonyl (C=O) groups excluding carboxylic acids is 4. The molecular formula is C54H86BaO10. The zero-order valence-electron chi connectivity index (χ0n) is 41.1. The number of carbonyl (C=O) groups is 4. The molecule has 10 nitrogen and oxygen atoms in total. The van der Waals surface area contributed by atoms with Crippen molar-refractivity contribution in [3.8, 4) is 0 Å². The Bertz CT molecular complexity index is 1320. The molecule has 0 aliphatic carbocycles. The van der Waals surface area contributed by atoms with Crippen molar-refractivity contribution in [2.75, 3.05) is 0 Å². The van der Waals surface area contributed by atoms with Crippen LogP contribution in [0.25, 0.3) is 0 Å². The number of carboxylic acid groups (broad SMARTS) is 2. The number of carboxylic acids is 2. The quantitative estimate of drug-likeness (QED) is 0.0358. The van der Waals surface area contributed by atoms with Crippen LogP contribution in [0.1, 0.15) is 219 Å². The molecule has 0 saturated heterocycles. The first-order chi connectivity index (χ1) is 31.0. The van der Waals surface area contributed by atoms with E-state index in [1.807, 2.05) is 12.1 Å². The van der Waals surface area contributed by atoms with E-state index in [1.165, 1.54) is 76.3 Å². The van der Waals surface area contributed by atoms with Crippen LogP contribution in [0, 0.1) is 0 Å². The fourth-order valence-corrected chi connectivity index (χ4v) is 7.93. The summed E-state index contributed by atoms with van der Waals surface area (Å²) in [5.74, 6) is -2.70. The molecule has 0 radical (unpaired) electrons. The summed E-state index contributed by atoms with van der Waals surface area (Å²) in [6.07, 6.45) is 27.1. The van der Waals surface area contributed by atoms with Crippen molar-refractivity contribution in [1.29, 1.82) is 0 Å². The number of esters is 2. The molecule has 4 unspecified atom stereocenters. The average molecular weight is 1030 g/mol. The van der Waals surface area contributed by atoms with Crippen molar-refractivity contribution in [2.45, 2.75) is 245 Å². The van der Waals surface area contributed by atoms with E-state index in [9.17, 15) is 29.4 Å². The van der Waals surface area contributed by atoms with Gasteiger partial charge in [-0.3, -0.25) is 9.59 Å². The fraction of sp³-hybridized carbons (Fsp3) is 0.704. The number of aliphatic carboxylic acids is 2. The molecule has 0 fully saturated rings. The summed E-state index contributed by atoms with van der Waals surface area (Å²) in [7, 11) is 0. The van der Waals surface area contributed by atoms with Crippen molar-refractivity contribution in [2.24, 2.45) is 0 Å². The summed E-state index contributed by atoms with van der Waals surface area (Å²) in [4.78, 5) is 43.7. The van der Waals surface area contributed by atoms with E-state index in [1.54, 1.807) is 0 Å². The van der Waals surface area contributed by atoms with E-state index in [4.69, 9.17) is 18.9 Å². The third-order valence-corrected chi connectivity index (χ3v) is 11.5. The van der Waals surface area contributed by atoms with E-state index in [-0.39, 0.29) is 85.9 Å². The molecule has 0 aromatic heterocycles. The zero-order valence-corrected chi connectivity index (χ0v) is 45.5. The second-order valence-electron chi connectivity index (χ2n) is 17.5. The third kappa shape index (κ3) is 40.6. The predicted octanol–water partition coefficient (Wildman–Crippen LogP) is 11.1. The molecule has 0 saturated carbocycles. The van der Waals surface area contributed by atoms with E-state index < -0.39 is 11.9 Å². The van der Waals surface area contributed by atoms with Gasteiger partial charge < -0.3 is 38.7 Å². The molecule has 2 rings (SSSR count). The predicted molar refractivity (Wildman–Crippen MR) is 258 cm³/mol. The number of benzene rings is 2. The van der Waals surface area contributed by atoms with Gasteiger partial charge in [0.1, 0.15) is 12.2 Å². The number of unbranched alkanes of at least 4 members (excludes halogenated alkanes) is 12. The van der Waals surface area contributed by atoms with Crippen molar-refractivity contribution >= 4 is 72.8 Å². The molecule has 0 heterocycles. The van der Waals surface area contributed by atoms with Gasteiger partial charge in [0.25, 0.3) is 0 Å². The Kier molecular flexibility index (Phi) is 42.8. The van der Waals surface area contributed by atoms with E-state index in [2.05, 4.69) is 62.4 Å². The summed E-state index contributed by atoms with van der Waals surface area (Å²) in [6, 6.07) is 20.7. The number of ether oxygens (including phenoxy) is 4. The molecular weight excluding hydrogens is 946 g/mol. The topological polar surface area (TPSA) is 151 Å². The standard InChI is InChI=1S/2C27H44O5.Ba/c2*1-3-4-5-11-17-25(31-22-24-15-9-8-10-16-24)18-12-6-7-13-19-26(32-23(2)28)20-14-21-27(29)30;/h2*8-10,15-16,25-26H,3-7,11-14,17-22H2,1-2H3,(H,29,30);/q;;+2/p-2. The van der Waals surface area contributed by atoms with E-state index >= 15 is 0 Å². The van der Waals surface area contributed by atoms with E-state index in [0.717, 1.165) is 89.9 Å². The van der Waals surface area contributed by atoms with Gasteiger partial charge in [0, 0.05) is 25.8 Å². The van der Waals surface area contributed by atoms with Crippen LogP contribution in [0.5, 0.6) is 0 Å². The second kappa shape index (κ2) is 44.3. The fourth-order valence-electron chi connectivity index (χ4n) is 7.93. The van der Waals surface area contributed by atoms with Crippen LogP contribution in [0.4, 0.5) is 0 Å². The van der Waals surface area contributed by atoms with Crippen molar-refractivity contribution < 1.29 is 48.3 Å². The van der Waals surface area contributed by atoms with Crippen molar-refractivity contribution in [3.63, 3.8) is 0 Å². The normalized spacial score (nSPS) is 12.7. The Morgan fingerprint density at radius 1 is 0.415 bits per heavy atom. The minimum Gasteiger partial charge on any atom is -0.550 e. The van der Waals surface area contributed by atoms with Crippen LogP contribution in [-0.2, 0) is 51.3 Å². The Morgan fingerprint density at radius 3 is 0.969 bits per heavy atom. The van der Waals surface area contributed by atoms with Crippen molar-refractivity contribution in [1.82, 2.24) is 0 Å². The molecule has 11 heteroatoms. The summed E-state index contributed by atoms with van der Waals surface area (Å²) in [6.45, 7) is 8.63. The van der Waals surface area contributed by atoms with Crippen LogP contribution in [0.15, 0.2) is 60.7 Å². The largest absolute Gasteiger partial charge is 2.00 e. The third-order valence-electron chi connectivity index (χ3n) is 11.5. The van der Waals surface area contributed by atoms with Gasteiger partial charge in [-0.15, -0.1) is 0 Å². The van der Waals surface area contributed by atoms with Crippen LogP contribution in [-0.4, -0.2) is 97.2 Å². The Labute approximate surface area is 434 Å². The zero-order chi connectivity index (χ0) is 46.9. The second-order valence-corrected chi connectivity index (χ2v) is 17.5. The molecule has 2 aromatic carbocycles. The van der Waals surface area contributed by atoms with Gasteiger partial charge in [-0.1, -0.05) is 164 Å². The van der Waals surface area contributed by atoms with Gasteiger partial charge in [-0.25, -0.2) is 0 Å². The Hall–Kier alpha value is -2.19. The average Bonchev–Trinajstić information content (AvgIpc) is 3.26. The van der Waals surface area contributed by atoms with Gasteiger partial charge in [-0.2, -0.15) is 0 Å². The molecule has 4 atom stereocenters. The molecule has 0 bridgehead atoms. The first kappa shape index (κ1) is 62.8. The summed E-state index contributed by atoms with van der Waals surface area (Å²) < 4.78 is 23.2. The van der Waals surface area contributed by atoms with Gasteiger partial charge >= 0.3 is 60.8 Å². The minimum atomic E-state index is -1.05. The van der Waals surface area contributed by atoms with Crippen molar-refractivity contribution in [3.05, 3.63) is 71.8 Å². The summed E-state index contributed by atoms with van der Waals surface area (Å²) >= 11 is 0. The monoisotopic (exact) mass is 1030 g/mol. The first-order valence-corrected chi connectivity index (χ1v) is 25.1. The van der Waals surface area contributed by atoms with Gasteiger partial charge in [0.05, 0.1) is 25.4 Å². The maximum atomic E-state index is 11.3. The maximum absolute atomic E-state index is 11.3. The SMILES string of the molecule is CCCCCCC(CCCCCCC(CCCC(=O)[O-])OC(C)=O)OCc1ccccc1.CCCCCCC(CCCCCCC(CCCC(=O)[O-])OC(C)=O)OCc1ccccc1.[Ba+2]. The molecule has 0 spiro atoms. The molecule has 364 valence electrons. The molecule has 0 aliphatic heterocycles. The molecule has 2 aromatic rings. The van der Waals surface area contributed by atoms with Gasteiger partial charge in [-0.05, 0) is 101 Å². The van der Waals surface area contributed by atoms with Crippen LogP contribution < -0.4 is 10.2 Å². The Morgan fingerprint density at radius 2 is 0.692 bits per heavy atom. The molecule has 0 aliphatic rings. The summed E-state index contributed by atoms with van der Waals surface area (Å²) in [5, 5.41) is 21.2. The van der Waals surface area contributed by atoms with Gasteiger partial charge in [0.2, 0.25) is 0 Å². The van der Waals surface area contributed by atoms with Crippen LogP contribution >= 0.6 is 0 Å². The molecule has 0 N–H and O–H groups in total. The van der Waals surface area contributed by atoms with Gasteiger partial charge in [0.15, 0.2) is 0 Å². The van der Waals surface area contributed by atoms with E-state index in [0.29, 0.717) is 51.1 Å². The maximum Gasteiger partial charge on any atom is 2.00 e. The first-order valence-electron chi connectivity index (χ1n) is 25.1. The summed E-state index contributed by atoms with van der Waals surface area (Å²) in [5.41, 5.74) is 2.45. The number of hydrogen-bond acceptors (Lipinski definition) is 10. The van der Waals surface area contributed by atoms with Crippen LogP contribution in [0.3, 0.4) is 0 Å². The minimum absolute atomic E-state index is 0. The number of hydrogen-bond donors (Lipinski definition) is 0.